The van der Waals surface area contributed by atoms with Gasteiger partial charge in [-0.1, -0.05) is 0 Å². The summed E-state index contributed by atoms with van der Waals surface area (Å²) in [6, 6.07) is 0.221. The Balaban J connectivity index is 2.27. The molecule has 1 atom stereocenters. The summed E-state index contributed by atoms with van der Waals surface area (Å²) in [4.78, 5) is 0. The summed E-state index contributed by atoms with van der Waals surface area (Å²) in [6.07, 6.45) is 1.96. The van der Waals surface area contributed by atoms with Crippen LogP contribution in [0.2, 0.25) is 0 Å². The maximum absolute atomic E-state index is 11.2. The number of nitrogens with zero attached hydrogens (tertiary/aromatic N) is 1. The van der Waals surface area contributed by atoms with Gasteiger partial charge in [0.25, 0.3) is 0 Å². The first-order valence-electron chi connectivity index (χ1n) is 5.41. The van der Waals surface area contributed by atoms with E-state index in [9.17, 15) is 8.42 Å². The van der Waals surface area contributed by atoms with E-state index in [1.165, 1.54) is 10.6 Å². The van der Waals surface area contributed by atoms with Crippen molar-refractivity contribution in [2.75, 3.05) is 32.5 Å². The highest BCUT2D eigenvalue weighted by Gasteiger charge is 2.24. The van der Waals surface area contributed by atoms with Crippen molar-refractivity contribution in [2.24, 2.45) is 0 Å². The van der Waals surface area contributed by atoms with E-state index in [-0.39, 0.29) is 12.6 Å². The summed E-state index contributed by atoms with van der Waals surface area (Å²) >= 11 is 0. The quantitative estimate of drug-likeness (QED) is 0.546. The number of hydrogen-bond donors (Lipinski definition) is 3. The Hall–Kier alpha value is -0.210. The molecular formula is C9H20N2O4S. The number of nitrogens with one attached hydrogen (secondary N) is 1. The monoisotopic (exact) mass is 252 g/mol. The minimum atomic E-state index is -3.07. The molecule has 16 heavy (non-hydrogen) atoms. The highest BCUT2D eigenvalue weighted by molar-refractivity contribution is 7.88. The predicted molar refractivity (Wildman–Crippen MR) is 60.5 cm³/mol. The molecule has 1 aliphatic heterocycles. The molecule has 1 rings (SSSR count). The summed E-state index contributed by atoms with van der Waals surface area (Å²) in [6.45, 7) is 1.13. The Morgan fingerprint density at radius 2 is 2.00 bits per heavy atom. The molecule has 0 aromatic rings. The summed E-state index contributed by atoms with van der Waals surface area (Å²) in [5.74, 6) is 0. The lowest BCUT2D eigenvalue weighted by atomic mass is 10.1. The molecule has 0 radical (unpaired) electrons. The number of hydrogen-bond acceptors (Lipinski definition) is 5. The predicted octanol–water partition coefficient (Wildman–Crippen LogP) is -1.65. The van der Waals surface area contributed by atoms with Crippen molar-refractivity contribution in [3.63, 3.8) is 0 Å². The maximum Gasteiger partial charge on any atom is 0.211 e. The van der Waals surface area contributed by atoms with E-state index in [1.807, 2.05) is 0 Å². The van der Waals surface area contributed by atoms with Crippen LogP contribution in [0, 0.1) is 0 Å². The van der Waals surface area contributed by atoms with Crippen LogP contribution in [0.3, 0.4) is 0 Å². The normalized spacial score (nSPS) is 22.2. The zero-order valence-corrected chi connectivity index (χ0v) is 10.3. The molecule has 1 aliphatic rings. The van der Waals surface area contributed by atoms with Crippen LogP contribution in [0.15, 0.2) is 0 Å². The number of rotatable bonds is 5. The molecular weight excluding hydrogens is 232 g/mol. The third kappa shape index (κ3) is 4.34. The van der Waals surface area contributed by atoms with Gasteiger partial charge in [0.2, 0.25) is 10.0 Å². The Morgan fingerprint density at radius 1 is 1.44 bits per heavy atom. The Morgan fingerprint density at radius 3 is 2.44 bits per heavy atom. The van der Waals surface area contributed by atoms with Crippen LogP contribution in [0.1, 0.15) is 12.8 Å². The summed E-state index contributed by atoms with van der Waals surface area (Å²) in [7, 11) is -3.07. The average molecular weight is 252 g/mol. The van der Waals surface area contributed by atoms with Crippen molar-refractivity contribution >= 4 is 10.0 Å². The number of aliphatic hydroxyl groups excluding tert-OH is 2. The van der Waals surface area contributed by atoms with Crippen LogP contribution >= 0.6 is 0 Å². The smallest absolute Gasteiger partial charge is 0.211 e. The van der Waals surface area contributed by atoms with E-state index in [1.54, 1.807) is 0 Å². The van der Waals surface area contributed by atoms with Gasteiger partial charge in [-0.25, -0.2) is 12.7 Å². The number of piperidine rings is 1. The third-order valence-electron chi connectivity index (χ3n) is 2.78. The van der Waals surface area contributed by atoms with Crippen LogP contribution in [0.5, 0.6) is 0 Å². The zero-order chi connectivity index (χ0) is 12.2. The lowest BCUT2D eigenvalue weighted by Crippen LogP contribution is -2.46. The molecule has 0 aromatic carbocycles. The van der Waals surface area contributed by atoms with Crippen LogP contribution in [-0.2, 0) is 10.0 Å². The van der Waals surface area contributed by atoms with Crippen LogP contribution in [0.4, 0.5) is 0 Å². The third-order valence-corrected chi connectivity index (χ3v) is 4.08. The number of sulfonamides is 1. The first kappa shape index (κ1) is 13.9. The molecule has 7 heteroatoms. The average Bonchev–Trinajstić information content (AvgIpc) is 2.25. The van der Waals surface area contributed by atoms with Gasteiger partial charge in [0, 0.05) is 25.7 Å². The van der Waals surface area contributed by atoms with Gasteiger partial charge in [-0.05, 0) is 12.8 Å². The van der Waals surface area contributed by atoms with Crippen molar-refractivity contribution in [3.05, 3.63) is 0 Å². The first-order valence-corrected chi connectivity index (χ1v) is 7.25. The molecule has 6 nitrogen and oxygen atoms in total. The molecule has 1 unspecified atom stereocenters. The second-order valence-electron chi connectivity index (χ2n) is 4.18. The standard InChI is InChI=1S/C9H20N2O4S/c1-16(14,15)11-4-2-8(3-5-11)10-6-9(13)7-12/h8-10,12-13H,2-7H2,1H3. The molecule has 0 amide bonds. The molecule has 96 valence electrons. The second-order valence-corrected chi connectivity index (χ2v) is 6.16. The van der Waals surface area contributed by atoms with Gasteiger partial charge in [0.05, 0.1) is 19.0 Å². The molecule has 0 aromatic heterocycles. The van der Waals surface area contributed by atoms with Gasteiger partial charge in [-0.3, -0.25) is 0 Å². The van der Waals surface area contributed by atoms with Crippen molar-refractivity contribution in [1.82, 2.24) is 9.62 Å². The fourth-order valence-corrected chi connectivity index (χ4v) is 2.63. The zero-order valence-electron chi connectivity index (χ0n) is 9.46. The number of aliphatic hydroxyl groups is 2. The molecule has 3 N–H and O–H groups in total. The Labute approximate surface area is 96.3 Å². The molecule has 0 saturated carbocycles. The van der Waals surface area contributed by atoms with E-state index >= 15 is 0 Å². The topological polar surface area (TPSA) is 89.9 Å². The molecule has 0 bridgehead atoms. The van der Waals surface area contributed by atoms with Crippen molar-refractivity contribution < 1.29 is 18.6 Å². The SMILES string of the molecule is CS(=O)(=O)N1CCC(NCC(O)CO)CC1. The molecule has 1 saturated heterocycles. The maximum atomic E-state index is 11.2. The van der Waals surface area contributed by atoms with Gasteiger partial charge >= 0.3 is 0 Å². The van der Waals surface area contributed by atoms with Crippen LogP contribution < -0.4 is 5.32 Å². The van der Waals surface area contributed by atoms with Gasteiger partial charge < -0.3 is 15.5 Å². The van der Waals surface area contributed by atoms with Gasteiger partial charge in [0.1, 0.15) is 0 Å². The Bertz CT molecular complexity index is 299. The van der Waals surface area contributed by atoms with Gasteiger partial charge in [-0.2, -0.15) is 0 Å². The van der Waals surface area contributed by atoms with Gasteiger partial charge in [-0.15, -0.1) is 0 Å². The largest absolute Gasteiger partial charge is 0.394 e. The van der Waals surface area contributed by atoms with Crippen LogP contribution in [-0.4, -0.2) is 67.6 Å². The van der Waals surface area contributed by atoms with E-state index in [2.05, 4.69) is 5.32 Å². The molecule has 0 spiro atoms. The molecule has 0 aliphatic carbocycles. The van der Waals surface area contributed by atoms with E-state index < -0.39 is 16.1 Å². The Kier molecular flexibility index (Phi) is 5.13. The van der Waals surface area contributed by atoms with Crippen molar-refractivity contribution in [1.29, 1.82) is 0 Å². The minimum absolute atomic E-state index is 0.221. The van der Waals surface area contributed by atoms with Crippen molar-refractivity contribution in [3.8, 4) is 0 Å². The van der Waals surface area contributed by atoms with E-state index in [0.29, 0.717) is 19.6 Å². The lowest BCUT2D eigenvalue weighted by molar-refractivity contribution is 0.0897. The lowest BCUT2D eigenvalue weighted by Gasteiger charge is -2.31. The molecule has 1 fully saturated rings. The minimum Gasteiger partial charge on any atom is -0.394 e. The summed E-state index contributed by atoms with van der Waals surface area (Å²) in [5, 5.41) is 20.9. The summed E-state index contributed by atoms with van der Waals surface area (Å²) in [5.41, 5.74) is 0. The van der Waals surface area contributed by atoms with Gasteiger partial charge in [0.15, 0.2) is 0 Å². The summed E-state index contributed by atoms with van der Waals surface area (Å²) < 4.78 is 23.9. The first-order chi connectivity index (χ1) is 7.43. The second kappa shape index (κ2) is 5.92. The van der Waals surface area contributed by atoms with Crippen LogP contribution in [0.25, 0.3) is 0 Å². The highest BCUT2D eigenvalue weighted by Crippen LogP contribution is 2.12. The van der Waals surface area contributed by atoms with E-state index in [0.717, 1.165) is 12.8 Å². The van der Waals surface area contributed by atoms with E-state index in [4.69, 9.17) is 10.2 Å². The molecule has 1 heterocycles. The highest BCUT2D eigenvalue weighted by atomic mass is 32.2. The fourth-order valence-electron chi connectivity index (χ4n) is 1.76. The fraction of sp³-hybridized carbons (Fsp3) is 1.00. The van der Waals surface area contributed by atoms with Crippen molar-refractivity contribution in [2.45, 2.75) is 25.0 Å².